The van der Waals surface area contributed by atoms with Crippen LogP contribution in [0.3, 0.4) is 0 Å². The number of carbonyl (C=O) groups is 1. The Morgan fingerprint density at radius 2 is 1.85 bits per heavy atom. The van der Waals surface area contributed by atoms with E-state index in [9.17, 15) is 4.79 Å². The lowest BCUT2D eigenvalue weighted by molar-refractivity contribution is 0.250. The molecule has 2 amide bonds. The number of aliphatic imine (C=N–C) groups is 1. The first-order valence-corrected chi connectivity index (χ1v) is 11.6. The quantitative estimate of drug-likeness (QED) is 0.414. The summed E-state index contributed by atoms with van der Waals surface area (Å²) in [6.07, 6.45) is 1.47. The van der Waals surface area contributed by atoms with Gasteiger partial charge < -0.3 is 25.4 Å². The maximum Gasteiger partial charge on any atom is 0.321 e. The Kier molecular flexibility index (Phi) is 4.95. The number of hydrogen-bond acceptors (Lipinski definition) is 4. The van der Waals surface area contributed by atoms with Gasteiger partial charge in [0, 0.05) is 41.9 Å². The second kappa shape index (κ2) is 8.26. The van der Waals surface area contributed by atoms with Crippen molar-refractivity contribution < 1.29 is 4.79 Å². The molecule has 0 aliphatic carbocycles. The third-order valence-electron chi connectivity index (χ3n) is 6.42. The number of nitrogens with zero attached hydrogens (tertiary/aromatic N) is 3. The number of nitrogens with one attached hydrogen (secondary N) is 3. The molecular weight excluding hydrogens is 424 g/mol. The summed E-state index contributed by atoms with van der Waals surface area (Å²) in [5.41, 5.74) is 5.09. The Hall–Kier alpha value is -4.26. The Balaban J connectivity index is 1.36. The molecule has 4 aromatic rings. The van der Waals surface area contributed by atoms with Gasteiger partial charge in [0.05, 0.1) is 6.04 Å². The van der Waals surface area contributed by atoms with Gasteiger partial charge >= 0.3 is 6.03 Å². The molecule has 3 N–H and O–H groups in total. The summed E-state index contributed by atoms with van der Waals surface area (Å²) in [7, 11) is 0. The average Bonchev–Trinajstić information content (AvgIpc) is 3.45. The van der Waals surface area contributed by atoms with Gasteiger partial charge in [0.2, 0.25) is 0 Å². The summed E-state index contributed by atoms with van der Waals surface area (Å²) >= 11 is 0. The zero-order valence-corrected chi connectivity index (χ0v) is 18.9. The van der Waals surface area contributed by atoms with E-state index in [-0.39, 0.29) is 12.1 Å². The first-order chi connectivity index (χ1) is 16.7. The van der Waals surface area contributed by atoms with E-state index in [4.69, 9.17) is 4.99 Å². The highest BCUT2D eigenvalue weighted by atomic mass is 16.2. The van der Waals surface area contributed by atoms with E-state index in [1.165, 1.54) is 5.56 Å². The smallest absolute Gasteiger partial charge is 0.321 e. The molecule has 3 aromatic carbocycles. The van der Waals surface area contributed by atoms with Crippen LogP contribution in [0.15, 0.2) is 90.1 Å². The van der Waals surface area contributed by atoms with Gasteiger partial charge in [0.15, 0.2) is 6.17 Å². The zero-order valence-electron chi connectivity index (χ0n) is 18.9. The van der Waals surface area contributed by atoms with E-state index in [1.807, 2.05) is 48.7 Å². The van der Waals surface area contributed by atoms with Gasteiger partial charge in [-0.05, 0) is 54.3 Å². The monoisotopic (exact) mass is 450 g/mol. The lowest BCUT2D eigenvalue weighted by atomic mass is 10.1. The number of amidine groups is 1. The minimum atomic E-state index is -0.422. The maximum absolute atomic E-state index is 13.3. The van der Waals surface area contributed by atoms with Crippen molar-refractivity contribution in [3.05, 3.63) is 90.6 Å². The second-order valence-electron chi connectivity index (χ2n) is 8.82. The molecule has 34 heavy (non-hydrogen) atoms. The van der Waals surface area contributed by atoms with Crippen LogP contribution >= 0.6 is 0 Å². The second-order valence-corrected chi connectivity index (χ2v) is 8.82. The van der Waals surface area contributed by atoms with Gasteiger partial charge in [-0.1, -0.05) is 42.5 Å². The first kappa shape index (κ1) is 20.4. The molecule has 2 aliphatic heterocycles. The largest absolute Gasteiger partial charge is 0.361 e. The molecule has 3 heterocycles. The lowest BCUT2D eigenvalue weighted by Crippen LogP contribution is -2.56. The highest BCUT2D eigenvalue weighted by Gasteiger charge is 2.38. The zero-order chi connectivity index (χ0) is 23.1. The Bertz CT molecular complexity index is 1380. The highest BCUT2D eigenvalue weighted by Crippen LogP contribution is 2.33. The molecule has 0 saturated carbocycles. The van der Waals surface area contributed by atoms with Crippen LogP contribution in [0.1, 0.15) is 12.5 Å². The number of aromatic amines is 1. The maximum atomic E-state index is 13.3. The molecule has 170 valence electrons. The van der Waals surface area contributed by atoms with Crippen molar-refractivity contribution in [3.63, 3.8) is 0 Å². The van der Waals surface area contributed by atoms with E-state index in [0.29, 0.717) is 6.54 Å². The number of hydrogen-bond donors (Lipinski definition) is 3. The molecule has 7 heteroatoms. The number of para-hydroxylation sites is 2. The molecule has 0 fully saturated rings. The average molecular weight is 451 g/mol. The van der Waals surface area contributed by atoms with Crippen LogP contribution in [0.2, 0.25) is 0 Å². The van der Waals surface area contributed by atoms with Crippen LogP contribution in [0.25, 0.3) is 10.9 Å². The Morgan fingerprint density at radius 3 is 2.74 bits per heavy atom. The third kappa shape index (κ3) is 3.65. The van der Waals surface area contributed by atoms with Crippen molar-refractivity contribution in [2.75, 3.05) is 21.7 Å². The molecule has 2 atom stereocenters. The van der Waals surface area contributed by atoms with Gasteiger partial charge in [-0.25, -0.2) is 4.79 Å². The predicted molar refractivity (Wildman–Crippen MR) is 138 cm³/mol. The number of fused-ring (bicyclic) bond motifs is 4. The van der Waals surface area contributed by atoms with Crippen LogP contribution in [0.5, 0.6) is 0 Å². The number of aromatic nitrogens is 1. The van der Waals surface area contributed by atoms with Gasteiger partial charge in [-0.15, -0.1) is 0 Å². The third-order valence-corrected chi connectivity index (χ3v) is 6.42. The fourth-order valence-electron chi connectivity index (χ4n) is 4.88. The number of carbonyl (C=O) groups excluding carboxylic acids is 1. The minimum absolute atomic E-state index is 0.140. The molecule has 0 saturated heterocycles. The predicted octanol–water partition coefficient (Wildman–Crippen LogP) is 4.94. The first-order valence-electron chi connectivity index (χ1n) is 11.6. The fraction of sp³-hybridized carbons (Fsp3) is 0.185. The van der Waals surface area contributed by atoms with Crippen LogP contribution in [-0.4, -0.2) is 35.6 Å². The summed E-state index contributed by atoms with van der Waals surface area (Å²) in [5, 5.41) is 7.33. The molecule has 0 unspecified atom stereocenters. The molecule has 7 nitrogen and oxygen atoms in total. The minimum Gasteiger partial charge on any atom is -0.361 e. The number of amides is 2. The normalized spacial score (nSPS) is 19.3. The molecule has 0 spiro atoms. The Morgan fingerprint density at radius 1 is 1.03 bits per heavy atom. The number of urea groups is 1. The van der Waals surface area contributed by atoms with E-state index < -0.39 is 6.17 Å². The van der Waals surface area contributed by atoms with E-state index in [1.54, 1.807) is 0 Å². The molecule has 0 bridgehead atoms. The molecule has 2 aliphatic rings. The van der Waals surface area contributed by atoms with Gasteiger partial charge in [0.25, 0.3) is 0 Å². The highest BCUT2D eigenvalue weighted by molar-refractivity contribution is 6.08. The van der Waals surface area contributed by atoms with Crippen LogP contribution < -0.4 is 20.4 Å². The standard InChI is InChI=1S/C27H26N6O/c1-18-16-33-24-10-6-5-7-20(24)17-32(22-8-3-2-4-9-22)26(25(33)29-18)31-27(34)30-21-12-11-19-13-14-28-23(19)15-21/h2-15,18,26,28H,16-17H2,1H3,(H2,30,31,34)/t18-,26-/m0/s1. The lowest BCUT2D eigenvalue weighted by Gasteiger charge is -2.33. The summed E-state index contributed by atoms with van der Waals surface area (Å²) in [5.74, 6) is 0.858. The van der Waals surface area contributed by atoms with Crippen molar-refractivity contribution in [2.24, 2.45) is 4.99 Å². The summed E-state index contributed by atoms with van der Waals surface area (Å²) < 4.78 is 0. The molecular formula is C27H26N6O. The van der Waals surface area contributed by atoms with Crippen molar-refractivity contribution in [1.29, 1.82) is 0 Å². The van der Waals surface area contributed by atoms with Crippen molar-refractivity contribution >= 4 is 39.8 Å². The molecule has 6 rings (SSSR count). The summed E-state index contributed by atoms with van der Waals surface area (Å²) in [6.45, 7) is 3.56. The summed E-state index contributed by atoms with van der Waals surface area (Å²) in [4.78, 5) is 25.9. The van der Waals surface area contributed by atoms with E-state index >= 15 is 0 Å². The van der Waals surface area contributed by atoms with E-state index in [0.717, 1.165) is 40.3 Å². The number of rotatable bonds is 3. The molecule has 1 aromatic heterocycles. The van der Waals surface area contributed by atoms with Gasteiger partial charge in [-0.3, -0.25) is 4.99 Å². The van der Waals surface area contributed by atoms with Crippen LogP contribution in [0, 0.1) is 0 Å². The Labute approximate surface area is 198 Å². The number of anilines is 3. The van der Waals surface area contributed by atoms with Crippen molar-refractivity contribution in [3.8, 4) is 0 Å². The fourth-order valence-corrected chi connectivity index (χ4v) is 4.88. The number of H-pyrrole nitrogens is 1. The van der Waals surface area contributed by atoms with Crippen molar-refractivity contribution in [2.45, 2.75) is 25.7 Å². The summed E-state index contributed by atoms with van der Waals surface area (Å²) in [6, 6.07) is 26.3. The van der Waals surface area contributed by atoms with Gasteiger partial charge in [0.1, 0.15) is 5.84 Å². The van der Waals surface area contributed by atoms with E-state index in [2.05, 4.69) is 68.7 Å². The van der Waals surface area contributed by atoms with Gasteiger partial charge in [-0.2, -0.15) is 0 Å². The number of benzene rings is 3. The van der Waals surface area contributed by atoms with Crippen molar-refractivity contribution in [1.82, 2.24) is 10.3 Å². The topological polar surface area (TPSA) is 75.8 Å². The van der Waals surface area contributed by atoms with Crippen LogP contribution in [0.4, 0.5) is 21.9 Å². The SMILES string of the molecule is C[C@H]1CN2C(=N1)[C@@H](NC(=O)Nc1ccc3cc[nH]c3c1)N(c1ccccc1)Cc1ccccc12. The molecule has 0 radical (unpaired) electrons. The van der Waals surface area contributed by atoms with Crippen LogP contribution in [-0.2, 0) is 6.54 Å².